The van der Waals surface area contributed by atoms with Crippen LogP contribution in [0.15, 0.2) is 11.4 Å². The van der Waals surface area contributed by atoms with Gasteiger partial charge in [0.1, 0.15) is 0 Å². The molecule has 1 aromatic rings. The predicted molar refractivity (Wildman–Crippen MR) is 81.4 cm³/mol. The smallest absolute Gasteiger partial charge is 0.0334 e. The molecule has 3 rings (SSSR count). The summed E-state index contributed by atoms with van der Waals surface area (Å²) in [5.41, 5.74) is 7.64. The van der Waals surface area contributed by atoms with E-state index in [4.69, 9.17) is 5.73 Å². The molecule has 1 aromatic heterocycles. The van der Waals surface area contributed by atoms with Gasteiger partial charge in [0.2, 0.25) is 0 Å². The van der Waals surface area contributed by atoms with E-state index >= 15 is 0 Å². The first kappa shape index (κ1) is 13.0. The molecule has 4 heteroatoms. The molecule has 0 bridgehead atoms. The second-order valence-electron chi connectivity index (χ2n) is 5.39. The van der Waals surface area contributed by atoms with E-state index in [0.717, 1.165) is 12.5 Å². The molecule has 100 valence electrons. The van der Waals surface area contributed by atoms with Gasteiger partial charge in [-0.2, -0.15) is 11.8 Å². The van der Waals surface area contributed by atoms with Crippen molar-refractivity contribution in [2.45, 2.75) is 31.8 Å². The van der Waals surface area contributed by atoms with Crippen molar-refractivity contribution in [3.8, 4) is 0 Å². The van der Waals surface area contributed by atoms with Gasteiger partial charge in [0, 0.05) is 30.1 Å². The Kier molecular flexibility index (Phi) is 3.99. The fourth-order valence-corrected chi connectivity index (χ4v) is 5.73. The van der Waals surface area contributed by atoms with Gasteiger partial charge < -0.3 is 5.73 Å². The maximum absolute atomic E-state index is 6.09. The van der Waals surface area contributed by atoms with Gasteiger partial charge in [0.15, 0.2) is 0 Å². The first-order valence-electron chi connectivity index (χ1n) is 6.91. The van der Waals surface area contributed by atoms with Crippen LogP contribution in [0, 0.1) is 5.92 Å². The minimum atomic E-state index is 0.555. The third-order valence-corrected chi connectivity index (χ3v) is 6.69. The summed E-state index contributed by atoms with van der Waals surface area (Å²) in [6, 6.07) is 3.45. The molecule has 3 heterocycles. The Morgan fingerprint density at radius 1 is 1.56 bits per heavy atom. The van der Waals surface area contributed by atoms with Gasteiger partial charge in [0.25, 0.3) is 0 Å². The van der Waals surface area contributed by atoms with Gasteiger partial charge in [-0.25, -0.2) is 0 Å². The molecule has 18 heavy (non-hydrogen) atoms. The molecule has 3 atom stereocenters. The number of nitrogens with zero attached hydrogens (tertiary/aromatic N) is 1. The van der Waals surface area contributed by atoms with Crippen molar-refractivity contribution in [3.63, 3.8) is 0 Å². The van der Waals surface area contributed by atoms with Crippen LogP contribution < -0.4 is 5.73 Å². The summed E-state index contributed by atoms with van der Waals surface area (Å²) in [5.74, 6) is 3.44. The van der Waals surface area contributed by atoms with Crippen LogP contribution in [-0.4, -0.2) is 35.5 Å². The van der Waals surface area contributed by atoms with Gasteiger partial charge in [-0.15, -0.1) is 11.3 Å². The zero-order chi connectivity index (χ0) is 12.5. The van der Waals surface area contributed by atoms with Gasteiger partial charge in [-0.05, 0) is 54.2 Å². The average Bonchev–Trinajstić information content (AvgIpc) is 3.03. The summed E-state index contributed by atoms with van der Waals surface area (Å²) in [5, 5.41) is 2.24. The molecule has 3 unspecified atom stereocenters. The monoisotopic (exact) mass is 282 g/mol. The van der Waals surface area contributed by atoms with E-state index in [1.54, 1.807) is 10.4 Å². The third kappa shape index (κ3) is 2.24. The standard InChI is InChI=1S/C14H22N2S2/c1-10-12-4-7-18-14(12)2-5-16(10)13(8-15)11-3-6-17-9-11/h4,7,10-11,13H,2-3,5-6,8-9,15H2,1H3. The van der Waals surface area contributed by atoms with Crippen LogP contribution in [0.2, 0.25) is 0 Å². The zero-order valence-corrected chi connectivity index (χ0v) is 12.6. The lowest BCUT2D eigenvalue weighted by Gasteiger charge is -2.41. The largest absolute Gasteiger partial charge is 0.329 e. The highest BCUT2D eigenvalue weighted by molar-refractivity contribution is 7.99. The molecule has 0 aromatic carbocycles. The molecule has 2 aliphatic rings. The van der Waals surface area contributed by atoms with Gasteiger partial charge >= 0.3 is 0 Å². The van der Waals surface area contributed by atoms with Crippen LogP contribution in [0.25, 0.3) is 0 Å². The number of hydrogen-bond donors (Lipinski definition) is 1. The number of nitrogens with two attached hydrogens (primary N) is 1. The topological polar surface area (TPSA) is 29.3 Å². The minimum absolute atomic E-state index is 0.555. The van der Waals surface area contributed by atoms with E-state index in [-0.39, 0.29) is 0 Å². The number of thioether (sulfide) groups is 1. The van der Waals surface area contributed by atoms with Crippen molar-refractivity contribution in [1.82, 2.24) is 4.90 Å². The highest BCUT2D eigenvalue weighted by Crippen LogP contribution is 2.37. The van der Waals surface area contributed by atoms with Crippen molar-refractivity contribution in [1.29, 1.82) is 0 Å². The second-order valence-corrected chi connectivity index (χ2v) is 7.54. The lowest BCUT2D eigenvalue weighted by molar-refractivity contribution is 0.103. The molecule has 0 spiro atoms. The summed E-state index contributed by atoms with van der Waals surface area (Å²) in [7, 11) is 0. The van der Waals surface area contributed by atoms with Crippen molar-refractivity contribution in [2.75, 3.05) is 24.6 Å². The molecule has 1 fully saturated rings. The van der Waals surface area contributed by atoms with Crippen molar-refractivity contribution in [3.05, 3.63) is 21.9 Å². The van der Waals surface area contributed by atoms with Crippen LogP contribution in [0.3, 0.4) is 0 Å². The van der Waals surface area contributed by atoms with Gasteiger partial charge in [-0.3, -0.25) is 4.90 Å². The van der Waals surface area contributed by atoms with Crippen LogP contribution in [0.4, 0.5) is 0 Å². The van der Waals surface area contributed by atoms with Crippen LogP contribution in [0.5, 0.6) is 0 Å². The predicted octanol–water partition coefficient (Wildman–Crippen LogP) is 2.75. The highest BCUT2D eigenvalue weighted by Gasteiger charge is 2.34. The zero-order valence-electron chi connectivity index (χ0n) is 11.0. The summed E-state index contributed by atoms with van der Waals surface area (Å²) in [4.78, 5) is 4.27. The van der Waals surface area contributed by atoms with Crippen LogP contribution >= 0.6 is 23.1 Å². The molecule has 0 saturated carbocycles. The molecule has 0 aliphatic carbocycles. The summed E-state index contributed by atoms with van der Waals surface area (Å²) < 4.78 is 0. The maximum Gasteiger partial charge on any atom is 0.0334 e. The van der Waals surface area contributed by atoms with Crippen LogP contribution in [-0.2, 0) is 6.42 Å². The number of thiophene rings is 1. The highest BCUT2D eigenvalue weighted by atomic mass is 32.2. The number of fused-ring (bicyclic) bond motifs is 1. The Hall–Kier alpha value is -0.0300. The molecular formula is C14H22N2S2. The van der Waals surface area contributed by atoms with E-state index in [2.05, 4.69) is 35.0 Å². The Balaban J connectivity index is 1.79. The van der Waals surface area contributed by atoms with Gasteiger partial charge in [-0.1, -0.05) is 0 Å². The van der Waals surface area contributed by atoms with Crippen LogP contribution in [0.1, 0.15) is 29.8 Å². The SMILES string of the molecule is CC1c2ccsc2CCN1C(CN)C1CCSC1. The second kappa shape index (κ2) is 5.53. The number of hydrogen-bond acceptors (Lipinski definition) is 4. The first-order chi connectivity index (χ1) is 8.81. The molecule has 2 N–H and O–H groups in total. The molecular weight excluding hydrogens is 260 g/mol. The van der Waals surface area contributed by atoms with E-state index in [9.17, 15) is 0 Å². The third-order valence-electron chi connectivity index (χ3n) is 4.50. The Morgan fingerprint density at radius 2 is 2.44 bits per heavy atom. The summed E-state index contributed by atoms with van der Waals surface area (Å²) in [6.07, 6.45) is 2.57. The lowest BCUT2D eigenvalue weighted by atomic mass is 9.92. The van der Waals surface area contributed by atoms with Crippen molar-refractivity contribution in [2.24, 2.45) is 11.7 Å². The van der Waals surface area contributed by atoms with E-state index in [1.165, 1.54) is 30.9 Å². The summed E-state index contributed by atoms with van der Waals surface area (Å²) >= 11 is 4.02. The maximum atomic E-state index is 6.09. The summed E-state index contributed by atoms with van der Waals surface area (Å²) in [6.45, 7) is 4.36. The molecule has 1 saturated heterocycles. The first-order valence-corrected chi connectivity index (χ1v) is 8.94. The Labute approximate surface area is 118 Å². The van der Waals surface area contributed by atoms with E-state index in [1.807, 2.05) is 11.3 Å². The fourth-order valence-electron chi connectivity index (χ4n) is 3.44. The molecule has 0 amide bonds. The Morgan fingerprint density at radius 3 is 3.17 bits per heavy atom. The molecule has 2 nitrogen and oxygen atoms in total. The minimum Gasteiger partial charge on any atom is -0.329 e. The van der Waals surface area contributed by atoms with Gasteiger partial charge in [0.05, 0.1) is 0 Å². The normalized spacial score (nSPS) is 30.3. The lowest BCUT2D eigenvalue weighted by Crippen LogP contribution is -2.49. The van der Waals surface area contributed by atoms with E-state index < -0.39 is 0 Å². The average molecular weight is 282 g/mol. The van der Waals surface area contributed by atoms with Crippen molar-refractivity contribution < 1.29 is 0 Å². The molecule has 2 aliphatic heterocycles. The van der Waals surface area contributed by atoms with Crippen molar-refractivity contribution >= 4 is 23.1 Å². The van der Waals surface area contributed by atoms with E-state index in [0.29, 0.717) is 12.1 Å². The molecule has 0 radical (unpaired) electrons. The quantitative estimate of drug-likeness (QED) is 0.924. The fraction of sp³-hybridized carbons (Fsp3) is 0.714. The Bertz CT molecular complexity index is 398. The number of rotatable bonds is 3.